The van der Waals surface area contributed by atoms with Gasteiger partial charge in [0.2, 0.25) is 6.79 Å². The summed E-state index contributed by atoms with van der Waals surface area (Å²) in [6.45, 7) is 10.5. The number of hydrogen-bond donors (Lipinski definition) is 0. The molecule has 0 spiro atoms. The third kappa shape index (κ3) is 6.60. The number of benzene rings is 3. The minimum atomic E-state index is -0.594. The minimum absolute atomic E-state index is 0.271. The lowest BCUT2D eigenvalue weighted by Gasteiger charge is -2.12. The van der Waals surface area contributed by atoms with Crippen LogP contribution in [0.1, 0.15) is 49.9 Å². The number of esters is 3. The molecule has 7 nitrogen and oxygen atoms in total. The zero-order valence-corrected chi connectivity index (χ0v) is 20.8. The molecule has 7 heteroatoms. The van der Waals surface area contributed by atoms with Crippen LogP contribution in [0.5, 0.6) is 17.2 Å². The smallest absolute Gasteiger partial charge is 0.343 e. The Labute approximate surface area is 210 Å². The van der Waals surface area contributed by atoms with Gasteiger partial charge in [-0.05, 0) is 91.9 Å². The Morgan fingerprint density at radius 2 is 1.25 bits per heavy atom. The summed E-state index contributed by atoms with van der Waals surface area (Å²) in [5.41, 5.74) is 3.99. The van der Waals surface area contributed by atoms with E-state index in [0.29, 0.717) is 39.5 Å². The minimum Gasteiger partial charge on any atom is -0.457 e. The van der Waals surface area contributed by atoms with E-state index in [1.165, 1.54) is 5.56 Å². The summed E-state index contributed by atoms with van der Waals surface area (Å²) in [5.74, 6) is -0.354. The summed E-state index contributed by atoms with van der Waals surface area (Å²) >= 11 is 0. The zero-order valence-electron chi connectivity index (χ0n) is 20.8. The van der Waals surface area contributed by atoms with E-state index in [9.17, 15) is 14.4 Å². The second-order valence-corrected chi connectivity index (χ2v) is 8.12. The van der Waals surface area contributed by atoms with Crippen LogP contribution in [-0.4, -0.2) is 24.7 Å². The fourth-order valence-corrected chi connectivity index (χ4v) is 3.40. The summed E-state index contributed by atoms with van der Waals surface area (Å²) in [4.78, 5) is 36.4. The molecule has 0 aliphatic heterocycles. The Bertz CT molecular complexity index is 1310. The van der Waals surface area contributed by atoms with Crippen molar-refractivity contribution in [1.29, 1.82) is 0 Å². The highest BCUT2D eigenvalue weighted by molar-refractivity contribution is 5.93. The molecular weight excluding hydrogens is 460 g/mol. The molecule has 0 unspecified atom stereocenters. The van der Waals surface area contributed by atoms with Crippen LogP contribution < -0.4 is 14.2 Å². The van der Waals surface area contributed by atoms with Gasteiger partial charge in [-0.1, -0.05) is 25.6 Å². The Morgan fingerprint density at radius 1 is 0.750 bits per heavy atom. The molecule has 0 saturated carbocycles. The third-order valence-electron chi connectivity index (χ3n) is 5.46. The summed E-state index contributed by atoms with van der Waals surface area (Å²) in [6.07, 6.45) is 1.94. The molecule has 0 aliphatic rings. The van der Waals surface area contributed by atoms with Crippen molar-refractivity contribution in [2.45, 2.75) is 34.1 Å². The van der Waals surface area contributed by atoms with Gasteiger partial charge >= 0.3 is 17.9 Å². The lowest BCUT2D eigenvalue weighted by atomic mass is 10.1. The van der Waals surface area contributed by atoms with Gasteiger partial charge in [0.05, 0.1) is 11.1 Å². The van der Waals surface area contributed by atoms with Gasteiger partial charge in [-0.15, -0.1) is 0 Å². The maximum atomic E-state index is 12.7. The molecule has 0 fully saturated rings. The predicted molar refractivity (Wildman–Crippen MR) is 135 cm³/mol. The van der Waals surface area contributed by atoms with Gasteiger partial charge < -0.3 is 18.9 Å². The average molecular weight is 489 g/mol. The Balaban J connectivity index is 1.65. The van der Waals surface area contributed by atoms with Crippen LogP contribution in [0.25, 0.3) is 0 Å². The van der Waals surface area contributed by atoms with E-state index >= 15 is 0 Å². The Morgan fingerprint density at radius 3 is 1.72 bits per heavy atom. The van der Waals surface area contributed by atoms with Crippen LogP contribution in [-0.2, 0) is 16.0 Å². The monoisotopic (exact) mass is 488 g/mol. The van der Waals surface area contributed by atoms with Crippen molar-refractivity contribution in [2.24, 2.45) is 0 Å². The lowest BCUT2D eigenvalue weighted by Crippen LogP contribution is -2.12. The molecule has 0 aliphatic carbocycles. The van der Waals surface area contributed by atoms with Gasteiger partial charge in [-0.3, -0.25) is 0 Å². The van der Waals surface area contributed by atoms with Crippen molar-refractivity contribution < 1.29 is 33.3 Å². The van der Waals surface area contributed by atoms with Gasteiger partial charge in [-0.25, -0.2) is 14.4 Å². The standard InChI is InChI=1S/C29H28O7/c1-6-21-8-11-25(18(3)14-21)35-29(32)23-10-13-26(20(5)16-23)36-28(31)22-9-12-24(19(4)15-22)33-17-34-27(30)7-2/h7-16H,2,6,17H2,1,3-5H3. The van der Waals surface area contributed by atoms with Gasteiger partial charge in [0.1, 0.15) is 17.2 Å². The molecule has 0 saturated heterocycles. The van der Waals surface area contributed by atoms with Crippen LogP contribution in [0.2, 0.25) is 0 Å². The molecule has 0 heterocycles. The SMILES string of the molecule is C=CC(=O)OCOc1ccc(C(=O)Oc2ccc(C(=O)Oc3ccc(CC)cc3C)cc2C)cc1C. The van der Waals surface area contributed by atoms with Gasteiger partial charge in [0.25, 0.3) is 0 Å². The number of hydrogen-bond acceptors (Lipinski definition) is 7. The fraction of sp³-hybridized carbons (Fsp3) is 0.207. The van der Waals surface area contributed by atoms with Crippen LogP contribution in [0.3, 0.4) is 0 Å². The Kier molecular flexibility index (Phi) is 8.62. The molecule has 0 radical (unpaired) electrons. The first kappa shape index (κ1) is 26.2. The molecule has 0 atom stereocenters. The molecule has 0 N–H and O–H groups in total. The first-order valence-electron chi connectivity index (χ1n) is 11.4. The highest BCUT2D eigenvalue weighted by Crippen LogP contribution is 2.25. The van der Waals surface area contributed by atoms with E-state index in [1.807, 2.05) is 19.1 Å². The third-order valence-corrected chi connectivity index (χ3v) is 5.46. The number of ether oxygens (including phenoxy) is 4. The first-order valence-corrected chi connectivity index (χ1v) is 11.4. The van der Waals surface area contributed by atoms with E-state index in [1.54, 1.807) is 56.3 Å². The normalized spacial score (nSPS) is 10.3. The van der Waals surface area contributed by atoms with Crippen LogP contribution in [0.15, 0.2) is 67.3 Å². The highest BCUT2D eigenvalue weighted by Gasteiger charge is 2.16. The quantitative estimate of drug-likeness (QED) is 0.166. The first-order chi connectivity index (χ1) is 17.2. The Hall–Kier alpha value is -4.39. The molecule has 36 heavy (non-hydrogen) atoms. The van der Waals surface area contributed by atoms with E-state index in [0.717, 1.165) is 18.1 Å². The summed E-state index contributed by atoms with van der Waals surface area (Å²) in [5, 5.41) is 0. The van der Waals surface area contributed by atoms with Crippen LogP contribution in [0.4, 0.5) is 0 Å². The number of carbonyl (C=O) groups is 3. The van der Waals surface area contributed by atoms with Crippen molar-refractivity contribution in [3.63, 3.8) is 0 Å². The number of rotatable bonds is 9. The van der Waals surface area contributed by atoms with Crippen molar-refractivity contribution in [1.82, 2.24) is 0 Å². The average Bonchev–Trinajstić information content (AvgIpc) is 2.86. The maximum Gasteiger partial charge on any atom is 0.343 e. The van der Waals surface area contributed by atoms with Gasteiger partial charge in [-0.2, -0.15) is 0 Å². The van der Waals surface area contributed by atoms with Crippen molar-refractivity contribution in [3.8, 4) is 17.2 Å². The van der Waals surface area contributed by atoms with Crippen molar-refractivity contribution in [3.05, 3.63) is 101 Å². The molecule has 0 aromatic heterocycles. The molecular formula is C29H28O7. The molecule has 0 bridgehead atoms. The van der Waals surface area contributed by atoms with E-state index in [2.05, 4.69) is 13.5 Å². The number of aryl methyl sites for hydroxylation is 4. The topological polar surface area (TPSA) is 88.1 Å². The van der Waals surface area contributed by atoms with Crippen molar-refractivity contribution >= 4 is 17.9 Å². The second kappa shape index (κ2) is 11.8. The van der Waals surface area contributed by atoms with Gasteiger partial charge in [0.15, 0.2) is 0 Å². The molecule has 0 amide bonds. The van der Waals surface area contributed by atoms with E-state index in [-0.39, 0.29) is 6.79 Å². The maximum absolute atomic E-state index is 12.7. The summed E-state index contributed by atoms with van der Waals surface area (Å²) < 4.78 is 21.3. The summed E-state index contributed by atoms with van der Waals surface area (Å²) in [7, 11) is 0. The second-order valence-electron chi connectivity index (χ2n) is 8.12. The largest absolute Gasteiger partial charge is 0.457 e. The number of carbonyl (C=O) groups excluding carboxylic acids is 3. The van der Waals surface area contributed by atoms with Crippen molar-refractivity contribution in [2.75, 3.05) is 6.79 Å². The summed E-state index contributed by atoms with van der Waals surface area (Å²) in [6, 6.07) is 15.2. The van der Waals surface area contributed by atoms with E-state index < -0.39 is 17.9 Å². The van der Waals surface area contributed by atoms with Crippen LogP contribution in [0, 0.1) is 20.8 Å². The van der Waals surface area contributed by atoms with Crippen LogP contribution >= 0.6 is 0 Å². The zero-order chi connectivity index (χ0) is 26.2. The molecule has 3 rings (SSSR count). The van der Waals surface area contributed by atoms with Gasteiger partial charge in [0, 0.05) is 6.08 Å². The highest BCUT2D eigenvalue weighted by atomic mass is 16.7. The molecule has 3 aromatic rings. The molecule has 3 aromatic carbocycles. The fourth-order valence-electron chi connectivity index (χ4n) is 3.40. The lowest BCUT2D eigenvalue weighted by molar-refractivity contribution is -0.144. The molecule has 186 valence electrons. The van der Waals surface area contributed by atoms with E-state index in [4.69, 9.17) is 18.9 Å². The predicted octanol–water partition coefficient (Wildman–Crippen LogP) is 5.68.